The molecule has 0 atom stereocenters. The van der Waals surface area contributed by atoms with Gasteiger partial charge in [-0.2, -0.15) is 10.2 Å². The molecule has 1 amide bonds. The minimum absolute atomic E-state index is 0.0696. The molecule has 9 nitrogen and oxygen atoms in total. The Hall–Kier alpha value is -2.81. The second-order valence-electron chi connectivity index (χ2n) is 8.47. The number of carbonyl (C=O) groups is 1. The molecule has 0 radical (unpaired) electrons. The number of hydrazone groups is 1. The number of nitrogens with zero attached hydrogens (tertiary/aromatic N) is 5. The standard InChI is InChI=1S/C21H29ClN6O3/c1-13(25-15-6-8-27(9-7-15)20(29)31-21(2,3)4)18(26-23)14-10-17(30-5)19-16(22)11-24-28(19)12-14/h10-12,15H,6-9,23H2,1-5H3/b25-13?,26-18+. The number of pyridine rings is 1. The highest BCUT2D eigenvalue weighted by Gasteiger charge is 2.27. The molecule has 0 unspecified atom stereocenters. The number of fused-ring (bicyclic) bond motifs is 1. The molecule has 1 fully saturated rings. The number of rotatable bonds is 4. The third-order valence-corrected chi connectivity index (χ3v) is 5.27. The summed E-state index contributed by atoms with van der Waals surface area (Å²) in [6.45, 7) is 8.65. The van der Waals surface area contributed by atoms with E-state index in [1.165, 1.54) is 0 Å². The van der Waals surface area contributed by atoms with E-state index in [1.807, 2.05) is 33.8 Å². The van der Waals surface area contributed by atoms with Gasteiger partial charge in [0.1, 0.15) is 22.6 Å². The lowest BCUT2D eigenvalue weighted by Gasteiger charge is -2.32. The molecule has 2 aromatic heterocycles. The lowest BCUT2D eigenvalue weighted by molar-refractivity contribution is 0.0207. The maximum atomic E-state index is 12.3. The molecular formula is C21H29ClN6O3. The average Bonchev–Trinajstić information content (AvgIpc) is 3.08. The Balaban J connectivity index is 1.74. The summed E-state index contributed by atoms with van der Waals surface area (Å²) in [5.74, 6) is 6.28. The highest BCUT2D eigenvalue weighted by Crippen LogP contribution is 2.28. The third kappa shape index (κ3) is 5.28. The molecule has 0 bridgehead atoms. The number of amides is 1. The molecule has 1 saturated heterocycles. The number of piperidine rings is 1. The third-order valence-electron chi connectivity index (χ3n) is 4.99. The summed E-state index contributed by atoms with van der Waals surface area (Å²) in [6, 6.07) is 1.89. The van der Waals surface area contributed by atoms with Crippen LogP contribution in [0.15, 0.2) is 28.6 Å². The molecule has 3 heterocycles. The molecule has 1 aliphatic heterocycles. The number of aliphatic imine (C=N–C) groups is 1. The number of hydrogen-bond acceptors (Lipinski definition) is 7. The number of likely N-dealkylation sites (tertiary alicyclic amines) is 1. The van der Waals surface area contributed by atoms with Crippen LogP contribution in [-0.4, -0.2) is 63.9 Å². The first kappa shape index (κ1) is 22.9. The van der Waals surface area contributed by atoms with Crippen molar-refractivity contribution in [2.24, 2.45) is 15.9 Å². The molecule has 10 heteroatoms. The average molecular weight is 449 g/mol. The van der Waals surface area contributed by atoms with Gasteiger partial charge >= 0.3 is 6.09 Å². The van der Waals surface area contributed by atoms with Crippen molar-refractivity contribution in [2.45, 2.75) is 52.2 Å². The predicted octanol–water partition coefficient (Wildman–Crippen LogP) is 3.52. The molecule has 0 spiro atoms. The van der Waals surface area contributed by atoms with E-state index in [4.69, 9.17) is 31.9 Å². The summed E-state index contributed by atoms with van der Waals surface area (Å²) in [5.41, 5.74) is 2.14. The van der Waals surface area contributed by atoms with Gasteiger partial charge in [-0.25, -0.2) is 9.31 Å². The van der Waals surface area contributed by atoms with Gasteiger partial charge in [0.15, 0.2) is 0 Å². The summed E-state index contributed by atoms with van der Waals surface area (Å²) in [4.78, 5) is 18.8. The van der Waals surface area contributed by atoms with Crippen LogP contribution in [0.1, 0.15) is 46.1 Å². The largest absolute Gasteiger partial charge is 0.494 e. The van der Waals surface area contributed by atoms with Crippen molar-refractivity contribution in [1.29, 1.82) is 0 Å². The normalized spacial score (nSPS) is 16.6. The van der Waals surface area contributed by atoms with Crippen LogP contribution in [-0.2, 0) is 4.74 Å². The number of halogens is 1. The first-order valence-electron chi connectivity index (χ1n) is 10.1. The highest BCUT2D eigenvalue weighted by molar-refractivity contribution is 6.47. The van der Waals surface area contributed by atoms with Gasteiger partial charge < -0.3 is 20.2 Å². The van der Waals surface area contributed by atoms with Gasteiger partial charge in [0.05, 0.1) is 30.1 Å². The van der Waals surface area contributed by atoms with Crippen molar-refractivity contribution in [3.8, 4) is 5.75 Å². The zero-order chi connectivity index (χ0) is 22.8. The molecule has 0 aliphatic carbocycles. The molecule has 0 saturated carbocycles. The Kier molecular flexibility index (Phi) is 6.74. The van der Waals surface area contributed by atoms with E-state index >= 15 is 0 Å². The maximum Gasteiger partial charge on any atom is 0.410 e. The number of nitrogens with two attached hydrogens (primary N) is 1. The van der Waals surface area contributed by atoms with E-state index in [2.05, 4.69) is 10.2 Å². The first-order chi connectivity index (χ1) is 14.6. The Bertz CT molecular complexity index is 1020. The van der Waals surface area contributed by atoms with Gasteiger partial charge in [-0.3, -0.25) is 4.99 Å². The van der Waals surface area contributed by atoms with Crippen LogP contribution in [0.25, 0.3) is 5.52 Å². The summed E-state index contributed by atoms with van der Waals surface area (Å²) in [7, 11) is 1.57. The van der Waals surface area contributed by atoms with Crippen molar-refractivity contribution >= 4 is 34.6 Å². The van der Waals surface area contributed by atoms with Crippen molar-refractivity contribution in [3.63, 3.8) is 0 Å². The molecule has 31 heavy (non-hydrogen) atoms. The molecule has 2 aromatic rings. The van der Waals surface area contributed by atoms with E-state index in [0.29, 0.717) is 40.8 Å². The summed E-state index contributed by atoms with van der Waals surface area (Å²) >= 11 is 6.20. The van der Waals surface area contributed by atoms with Crippen molar-refractivity contribution in [1.82, 2.24) is 14.5 Å². The van der Waals surface area contributed by atoms with Gasteiger partial charge in [-0.1, -0.05) is 11.6 Å². The van der Waals surface area contributed by atoms with Gasteiger partial charge in [0.2, 0.25) is 0 Å². The van der Waals surface area contributed by atoms with Crippen LogP contribution < -0.4 is 10.6 Å². The van der Waals surface area contributed by atoms with E-state index in [-0.39, 0.29) is 12.1 Å². The molecule has 168 valence electrons. The number of hydrogen-bond donors (Lipinski definition) is 1. The zero-order valence-electron chi connectivity index (χ0n) is 18.6. The smallest absolute Gasteiger partial charge is 0.410 e. The van der Waals surface area contributed by atoms with Gasteiger partial charge in [-0.15, -0.1) is 0 Å². The molecule has 2 N–H and O–H groups in total. The second-order valence-corrected chi connectivity index (χ2v) is 8.88. The van der Waals surface area contributed by atoms with E-state index in [1.54, 1.807) is 28.9 Å². The van der Waals surface area contributed by atoms with Crippen LogP contribution in [0.4, 0.5) is 4.79 Å². The maximum absolute atomic E-state index is 12.3. The fourth-order valence-corrected chi connectivity index (χ4v) is 3.77. The quantitative estimate of drug-likeness (QED) is 0.437. The van der Waals surface area contributed by atoms with Gasteiger partial charge in [0.25, 0.3) is 0 Å². The summed E-state index contributed by atoms with van der Waals surface area (Å²) < 4.78 is 12.6. The van der Waals surface area contributed by atoms with E-state index < -0.39 is 5.60 Å². The Labute approximate surface area is 186 Å². The number of methoxy groups -OCH3 is 1. The lowest BCUT2D eigenvalue weighted by Crippen LogP contribution is -2.42. The fourth-order valence-electron chi connectivity index (χ4n) is 3.55. The number of carbonyl (C=O) groups excluding carboxylic acids is 1. The fraction of sp³-hybridized carbons (Fsp3) is 0.524. The summed E-state index contributed by atoms with van der Waals surface area (Å²) in [6.07, 6.45) is 4.55. The van der Waals surface area contributed by atoms with Gasteiger partial charge in [-0.05, 0) is 46.6 Å². The molecular weight excluding hydrogens is 420 g/mol. The Morgan fingerprint density at radius 3 is 2.58 bits per heavy atom. The minimum Gasteiger partial charge on any atom is -0.494 e. The predicted molar refractivity (Wildman–Crippen MR) is 121 cm³/mol. The number of aromatic nitrogens is 2. The Morgan fingerprint density at radius 1 is 1.32 bits per heavy atom. The topological polar surface area (TPSA) is 107 Å². The van der Waals surface area contributed by atoms with Gasteiger partial charge in [0, 0.05) is 24.8 Å². The van der Waals surface area contributed by atoms with Crippen molar-refractivity contribution in [2.75, 3.05) is 20.2 Å². The second kappa shape index (κ2) is 9.13. The van der Waals surface area contributed by atoms with Crippen LogP contribution >= 0.6 is 11.6 Å². The monoisotopic (exact) mass is 448 g/mol. The zero-order valence-corrected chi connectivity index (χ0v) is 19.3. The highest BCUT2D eigenvalue weighted by atomic mass is 35.5. The van der Waals surface area contributed by atoms with Crippen LogP contribution in [0.2, 0.25) is 5.02 Å². The minimum atomic E-state index is -0.504. The first-order valence-corrected chi connectivity index (χ1v) is 10.5. The Morgan fingerprint density at radius 2 is 2.00 bits per heavy atom. The van der Waals surface area contributed by atoms with Crippen molar-refractivity contribution < 1.29 is 14.3 Å². The lowest BCUT2D eigenvalue weighted by atomic mass is 10.0. The van der Waals surface area contributed by atoms with E-state index in [9.17, 15) is 4.79 Å². The van der Waals surface area contributed by atoms with Crippen molar-refractivity contribution in [3.05, 3.63) is 29.0 Å². The number of ether oxygens (including phenoxy) is 2. The van der Waals surface area contributed by atoms with Crippen LogP contribution in [0.3, 0.4) is 0 Å². The van der Waals surface area contributed by atoms with Crippen LogP contribution in [0.5, 0.6) is 5.75 Å². The molecule has 0 aromatic carbocycles. The van der Waals surface area contributed by atoms with Crippen LogP contribution in [0, 0.1) is 0 Å². The van der Waals surface area contributed by atoms with E-state index in [0.717, 1.165) is 18.4 Å². The summed E-state index contributed by atoms with van der Waals surface area (Å²) in [5, 5.41) is 8.71. The molecule has 3 rings (SSSR count). The molecule has 1 aliphatic rings. The SMILES string of the molecule is COc1cc(/C(=N/N)C(C)=NC2CCN(C(=O)OC(C)(C)C)CC2)cn2ncc(Cl)c12.